The first-order valence-electron chi connectivity index (χ1n) is 19.0. The van der Waals surface area contributed by atoms with Gasteiger partial charge in [0, 0.05) is 48.4 Å². The highest BCUT2D eigenvalue weighted by atomic mass is 32.1. The Morgan fingerprint density at radius 1 is 0.424 bits per heavy atom. The molecule has 59 heavy (non-hydrogen) atoms. The molecule has 4 aromatic carbocycles. The fourth-order valence-electron chi connectivity index (χ4n) is 5.14. The number of hydrogen-bond acceptors (Lipinski definition) is 8. The lowest BCUT2D eigenvalue weighted by Gasteiger charge is -2.28. The van der Waals surface area contributed by atoms with Gasteiger partial charge in [-0.05, 0) is 34.6 Å². The van der Waals surface area contributed by atoms with Gasteiger partial charge in [0.15, 0.2) is 0 Å². The summed E-state index contributed by atoms with van der Waals surface area (Å²) in [6.45, 7) is 10.9. The minimum Gasteiger partial charge on any atom is -0.274 e. The zero-order chi connectivity index (χ0) is 43.3. The highest BCUT2D eigenvalue weighted by molar-refractivity contribution is 7.81. The lowest BCUT2D eigenvalue weighted by molar-refractivity contribution is -0.138. The molecule has 0 aliphatic carbocycles. The predicted octanol–water partition coefficient (Wildman–Crippen LogP) is 5.91. The molecule has 0 spiro atoms. The molecular weight excluding hydrogens is 821 g/mol. The van der Waals surface area contributed by atoms with Crippen molar-refractivity contribution < 1.29 is 19.2 Å². The third-order valence-electron chi connectivity index (χ3n) is 8.45. The van der Waals surface area contributed by atoms with Gasteiger partial charge in [-0.3, -0.25) is 60.9 Å². The molecule has 310 valence electrons. The molecule has 0 saturated carbocycles. The zero-order valence-corrected chi connectivity index (χ0v) is 37.0. The van der Waals surface area contributed by atoms with E-state index in [1.807, 2.05) is 149 Å². The number of rotatable bonds is 12. The van der Waals surface area contributed by atoms with E-state index in [1.54, 1.807) is 27.0 Å². The van der Waals surface area contributed by atoms with Crippen LogP contribution >= 0.6 is 48.9 Å². The highest BCUT2D eigenvalue weighted by Gasteiger charge is 2.26. The normalized spacial score (nSPS) is 10.1. The summed E-state index contributed by atoms with van der Waals surface area (Å²) in [6.07, 6.45) is -0.345. The Kier molecular flexibility index (Phi) is 20.2. The third kappa shape index (κ3) is 14.9. The number of hydrogen-bond donors (Lipinski definition) is 4. The second-order valence-electron chi connectivity index (χ2n) is 12.6. The summed E-state index contributed by atoms with van der Waals surface area (Å²) < 4.78 is 0. The summed E-state index contributed by atoms with van der Waals surface area (Å²) in [6, 6.07) is 37.5. The molecule has 0 radical (unpaired) electrons. The maximum atomic E-state index is 12.7. The SMILES string of the molecule is CCN(NC(=O)C(C)C(=O)NN(CC)C(=S)c1ccccc1)C(=S)c1ccccc1.CCN(NC(=O)CC(=O)NN(CC)C(=S)c1ccccc1)C(=S)c1ccccc1. The Balaban J connectivity index is 0.000000316. The number of thiocarbonyl (C=S) groups is 4. The van der Waals surface area contributed by atoms with Crippen LogP contribution in [0.5, 0.6) is 0 Å². The van der Waals surface area contributed by atoms with Gasteiger partial charge >= 0.3 is 0 Å². The van der Waals surface area contributed by atoms with E-state index in [1.165, 1.54) is 0 Å². The first kappa shape index (κ1) is 47.7. The Morgan fingerprint density at radius 3 is 0.864 bits per heavy atom. The van der Waals surface area contributed by atoms with Gasteiger partial charge in [-0.15, -0.1) is 0 Å². The first-order chi connectivity index (χ1) is 28.3. The van der Waals surface area contributed by atoms with Gasteiger partial charge < -0.3 is 0 Å². The number of benzene rings is 4. The van der Waals surface area contributed by atoms with Crippen LogP contribution in [0.1, 0.15) is 63.3 Å². The molecule has 4 N–H and O–H groups in total. The number of nitrogens with one attached hydrogen (secondary N) is 4. The van der Waals surface area contributed by atoms with Gasteiger partial charge in [-0.1, -0.05) is 170 Å². The summed E-state index contributed by atoms with van der Waals surface area (Å²) in [5.41, 5.74) is 14.1. The average molecular weight is 871 g/mol. The van der Waals surface area contributed by atoms with E-state index in [9.17, 15) is 19.2 Å². The molecule has 0 heterocycles. The van der Waals surface area contributed by atoms with Crippen LogP contribution in [0.2, 0.25) is 0 Å². The number of nitrogens with zero attached hydrogens (tertiary/aromatic N) is 4. The van der Waals surface area contributed by atoms with Crippen LogP contribution in [-0.4, -0.2) is 89.8 Å². The Hall–Kier alpha value is -5.68. The molecule has 0 atom stereocenters. The molecule has 0 aliphatic heterocycles. The number of carbonyl (C=O) groups excluding carboxylic acids is 4. The van der Waals surface area contributed by atoms with Crippen LogP contribution in [0.15, 0.2) is 121 Å². The van der Waals surface area contributed by atoms with Crippen LogP contribution in [-0.2, 0) is 19.2 Å². The standard InChI is InChI=1S/C22H26N4O2S2.C21H24N4O2S2/c1-4-25(21(29)17-12-8-6-9-13-17)23-19(27)16(3)20(28)24-26(5-2)22(30)18-14-10-7-11-15-18;1-3-24(20(28)16-11-7-5-8-12-16)22-18(26)15-19(27)23-25(4-2)21(29)17-13-9-6-10-14-17/h6-16H,4-5H2,1-3H3,(H,23,27)(H,24,28);5-14H,3-4,15H2,1-2H3,(H,22,26)(H,23,27). The van der Waals surface area contributed by atoms with E-state index in [2.05, 4.69) is 21.7 Å². The van der Waals surface area contributed by atoms with Crippen molar-refractivity contribution in [3.63, 3.8) is 0 Å². The molecule has 0 bridgehead atoms. The van der Waals surface area contributed by atoms with Crippen molar-refractivity contribution in [2.24, 2.45) is 5.92 Å². The van der Waals surface area contributed by atoms with Crippen molar-refractivity contribution in [2.75, 3.05) is 26.2 Å². The van der Waals surface area contributed by atoms with Crippen molar-refractivity contribution in [3.8, 4) is 0 Å². The van der Waals surface area contributed by atoms with Gasteiger partial charge in [0.25, 0.3) is 11.8 Å². The largest absolute Gasteiger partial charge is 0.274 e. The van der Waals surface area contributed by atoms with E-state index in [4.69, 9.17) is 48.9 Å². The van der Waals surface area contributed by atoms with E-state index in [-0.39, 0.29) is 6.42 Å². The summed E-state index contributed by atoms with van der Waals surface area (Å²) in [7, 11) is 0. The minimum absolute atomic E-state index is 0.345. The van der Waals surface area contributed by atoms with Gasteiger partial charge in [-0.2, -0.15) is 0 Å². The van der Waals surface area contributed by atoms with Crippen LogP contribution < -0.4 is 21.7 Å². The van der Waals surface area contributed by atoms with Gasteiger partial charge in [0.05, 0.1) is 0 Å². The molecule has 0 unspecified atom stereocenters. The Bertz CT molecular complexity index is 1900. The molecule has 16 heteroatoms. The molecule has 0 aromatic heterocycles. The number of hydrazine groups is 4. The molecule has 0 aliphatic rings. The molecule has 4 rings (SSSR count). The monoisotopic (exact) mass is 870 g/mol. The summed E-state index contributed by atoms with van der Waals surface area (Å²) in [5, 5.41) is 6.21. The van der Waals surface area contributed by atoms with Crippen LogP contribution in [0.25, 0.3) is 0 Å². The average Bonchev–Trinajstić information content (AvgIpc) is 3.28. The second kappa shape index (κ2) is 24.9. The molecule has 0 fully saturated rings. The lowest BCUT2D eigenvalue weighted by atomic mass is 10.1. The van der Waals surface area contributed by atoms with E-state index < -0.39 is 29.5 Å². The fourth-order valence-corrected chi connectivity index (χ4v) is 6.39. The van der Waals surface area contributed by atoms with Crippen molar-refractivity contribution in [2.45, 2.75) is 41.0 Å². The van der Waals surface area contributed by atoms with E-state index >= 15 is 0 Å². The maximum Gasteiger partial charge on any atom is 0.250 e. The zero-order valence-electron chi connectivity index (χ0n) is 33.7. The Labute approximate surface area is 368 Å². The fraction of sp³-hybridized carbons (Fsp3) is 0.256. The third-order valence-corrected chi connectivity index (χ3v) is 10.3. The molecule has 12 nitrogen and oxygen atoms in total. The summed E-state index contributed by atoms with van der Waals surface area (Å²) >= 11 is 21.8. The Morgan fingerprint density at radius 2 is 0.644 bits per heavy atom. The number of amides is 4. The minimum atomic E-state index is -0.940. The second-order valence-corrected chi connectivity index (χ2v) is 14.1. The van der Waals surface area contributed by atoms with E-state index in [0.29, 0.717) is 46.1 Å². The van der Waals surface area contributed by atoms with Crippen molar-refractivity contribution in [3.05, 3.63) is 144 Å². The predicted molar refractivity (Wildman–Crippen MR) is 248 cm³/mol. The van der Waals surface area contributed by atoms with Crippen molar-refractivity contribution >= 4 is 92.5 Å². The molecule has 0 saturated heterocycles. The smallest absolute Gasteiger partial charge is 0.250 e. The number of carbonyl (C=O) groups is 4. The summed E-state index contributed by atoms with van der Waals surface area (Å²) in [4.78, 5) is 52.0. The first-order valence-corrected chi connectivity index (χ1v) is 20.7. The lowest BCUT2D eigenvalue weighted by Crippen LogP contribution is -2.53. The van der Waals surface area contributed by atoms with Crippen molar-refractivity contribution in [1.29, 1.82) is 0 Å². The van der Waals surface area contributed by atoms with Crippen LogP contribution in [0.3, 0.4) is 0 Å². The molecule has 4 amide bonds. The topological polar surface area (TPSA) is 129 Å². The maximum absolute atomic E-state index is 12.7. The summed E-state index contributed by atoms with van der Waals surface area (Å²) in [5.74, 6) is -2.75. The van der Waals surface area contributed by atoms with Crippen molar-refractivity contribution in [1.82, 2.24) is 41.7 Å². The molecule has 4 aromatic rings. The van der Waals surface area contributed by atoms with Crippen LogP contribution in [0.4, 0.5) is 0 Å². The quantitative estimate of drug-likeness (QED) is 0.0768. The van der Waals surface area contributed by atoms with Gasteiger partial charge in [0.2, 0.25) is 11.8 Å². The van der Waals surface area contributed by atoms with Crippen LogP contribution in [0, 0.1) is 5.92 Å². The highest BCUT2D eigenvalue weighted by Crippen LogP contribution is 2.09. The molecular formula is C43H50N8O4S4. The van der Waals surface area contributed by atoms with Gasteiger partial charge in [0.1, 0.15) is 32.3 Å². The van der Waals surface area contributed by atoms with E-state index in [0.717, 1.165) is 22.3 Å². The van der Waals surface area contributed by atoms with Gasteiger partial charge in [-0.25, -0.2) is 0 Å².